The van der Waals surface area contributed by atoms with E-state index in [1.165, 1.54) is 50.7 Å². The normalized spacial score (nSPS) is 15.0. The van der Waals surface area contributed by atoms with Crippen LogP contribution in [0.3, 0.4) is 0 Å². The highest BCUT2D eigenvalue weighted by Crippen LogP contribution is 2.29. The van der Waals surface area contributed by atoms with Crippen LogP contribution in [0, 0.1) is 11.8 Å². The molecule has 1 rings (SSSR count). The van der Waals surface area contributed by atoms with Crippen LogP contribution < -0.4 is 0 Å². The van der Waals surface area contributed by atoms with E-state index >= 15 is 0 Å². The van der Waals surface area contributed by atoms with Crippen molar-refractivity contribution in [1.29, 1.82) is 0 Å². The average Bonchev–Trinajstić information content (AvgIpc) is 2.57. The van der Waals surface area contributed by atoms with E-state index in [1.54, 1.807) is 6.07 Å². The Bertz CT molecular complexity index is 472. The van der Waals surface area contributed by atoms with Gasteiger partial charge in [-0.15, -0.1) is 0 Å². The lowest BCUT2D eigenvalue weighted by Crippen LogP contribution is -2.18. The minimum atomic E-state index is -0.231. The van der Waals surface area contributed by atoms with Crippen molar-refractivity contribution >= 4 is 0 Å². The molecule has 3 unspecified atom stereocenters. The summed E-state index contributed by atoms with van der Waals surface area (Å²) in [4.78, 5) is 0. The first-order chi connectivity index (χ1) is 11.9. The Hall–Kier alpha value is -1.22. The van der Waals surface area contributed by atoms with Crippen molar-refractivity contribution in [3.8, 4) is 11.5 Å². The number of hydrogen-bond donors (Lipinski definition) is 3. The molecule has 0 aliphatic heterocycles. The topological polar surface area (TPSA) is 60.7 Å². The first-order valence-electron chi connectivity index (χ1n) is 10.1. The molecule has 0 heterocycles. The van der Waals surface area contributed by atoms with Crippen molar-refractivity contribution in [3.63, 3.8) is 0 Å². The maximum absolute atomic E-state index is 10.3. The molecule has 3 atom stereocenters. The molecule has 0 aliphatic carbocycles. The van der Waals surface area contributed by atoms with Crippen LogP contribution in [0.2, 0.25) is 0 Å². The summed E-state index contributed by atoms with van der Waals surface area (Å²) < 4.78 is 0. The molecule has 0 fully saturated rings. The molecule has 0 radical (unpaired) electrons. The van der Waals surface area contributed by atoms with Gasteiger partial charge in [0.2, 0.25) is 0 Å². The number of phenolic OH excluding ortho intramolecular Hbond substituents is 2. The molecule has 144 valence electrons. The van der Waals surface area contributed by atoms with E-state index in [0.29, 0.717) is 18.3 Å². The van der Waals surface area contributed by atoms with Gasteiger partial charge >= 0.3 is 0 Å². The number of hydrogen-bond acceptors (Lipinski definition) is 3. The zero-order valence-electron chi connectivity index (χ0n) is 16.4. The van der Waals surface area contributed by atoms with Gasteiger partial charge in [-0.3, -0.25) is 0 Å². The predicted molar refractivity (Wildman–Crippen MR) is 105 cm³/mol. The molecule has 0 amide bonds. The van der Waals surface area contributed by atoms with Gasteiger partial charge in [-0.05, 0) is 54.9 Å². The Morgan fingerprint density at radius 1 is 0.880 bits per heavy atom. The Morgan fingerprint density at radius 3 is 2.20 bits per heavy atom. The van der Waals surface area contributed by atoms with Crippen LogP contribution in [0.1, 0.15) is 84.1 Å². The zero-order valence-corrected chi connectivity index (χ0v) is 16.4. The fourth-order valence-corrected chi connectivity index (χ4v) is 3.40. The van der Waals surface area contributed by atoms with Gasteiger partial charge in [0.25, 0.3) is 0 Å². The van der Waals surface area contributed by atoms with E-state index in [-0.39, 0.29) is 17.6 Å². The van der Waals surface area contributed by atoms with Crippen LogP contribution in [0.15, 0.2) is 18.2 Å². The van der Waals surface area contributed by atoms with Gasteiger partial charge < -0.3 is 15.3 Å². The Morgan fingerprint density at radius 2 is 1.52 bits per heavy atom. The SMILES string of the molecule is CCCCCCCCCC(O)CC(C)C(C)Cc1cc(O)ccc1O. The maximum atomic E-state index is 10.3. The van der Waals surface area contributed by atoms with Gasteiger partial charge in [0.1, 0.15) is 11.5 Å². The maximum Gasteiger partial charge on any atom is 0.119 e. The lowest BCUT2D eigenvalue weighted by atomic mass is 9.85. The van der Waals surface area contributed by atoms with Crippen LogP contribution in [-0.4, -0.2) is 21.4 Å². The Balaban J connectivity index is 2.25. The standard InChI is InChI=1S/C22H38O3/c1-4-5-6-7-8-9-10-11-20(23)15-18(3)17(2)14-19-16-21(24)12-13-22(19)25/h12-13,16-18,20,23-25H,4-11,14-15H2,1-3H3. The van der Waals surface area contributed by atoms with Gasteiger partial charge in [-0.1, -0.05) is 65.7 Å². The highest BCUT2D eigenvalue weighted by molar-refractivity contribution is 5.38. The highest BCUT2D eigenvalue weighted by atomic mass is 16.3. The number of rotatable bonds is 13. The Kier molecular flexibility index (Phi) is 10.6. The van der Waals surface area contributed by atoms with Gasteiger partial charge in [0, 0.05) is 0 Å². The van der Waals surface area contributed by atoms with E-state index in [2.05, 4.69) is 20.8 Å². The van der Waals surface area contributed by atoms with Crippen LogP contribution >= 0.6 is 0 Å². The van der Waals surface area contributed by atoms with Crippen LogP contribution in [-0.2, 0) is 6.42 Å². The molecule has 0 saturated carbocycles. The molecule has 0 aromatic heterocycles. The van der Waals surface area contributed by atoms with Crippen molar-refractivity contribution in [3.05, 3.63) is 23.8 Å². The van der Waals surface area contributed by atoms with Crippen molar-refractivity contribution < 1.29 is 15.3 Å². The van der Waals surface area contributed by atoms with Crippen molar-refractivity contribution in [2.75, 3.05) is 0 Å². The number of unbranched alkanes of at least 4 members (excludes halogenated alkanes) is 6. The number of aromatic hydroxyl groups is 2. The van der Waals surface area contributed by atoms with E-state index in [1.807, 2.05) is 0 Å². The largest absolute Gasteiger partial charge is 0.508 e. The van der Waals surface area contributed by atoms with Gasteiger partial charge in [0.15, 0.2) is 0 Å². The van der Waals surface area contributed by atoms with Crippen molar-refractivity contribution in [2.45, 2.75) is 91.1 Å². The summed E-state index contributed by atoms with van der Waals surface area (Å²) in [6.45, 7) is 6.55. The molecule has 1 aromatic rings. The van der Waals surface area contributed by atoms with Gasteiger partial charge in [-0.25, -0.2) is 0 Å². The smallest absolute Gasteiger partial charge is 0.119 e. The molecule has 25 heavy (non-hydrogen) atoms. The minimum absolute atomic E-state index is 0.187. The average molecular weight is 351 g/mol. The summed E-state index contributed by atoms with van der Waals surface area (Å²) in [6.07, 6.45) is 11.1. The third-order valence-electron chi connectivity index (χ3n) is 5.36. The second-order valence-corrected chi connectivity index (χ2v) is 7.77. The summed E-state index contributed by atoms with van der Waals surface area (Å²) in [5.74, 6) is 1.14. The Labute approximate surface area is 154 Å². The second kappa shape index (κ2) is 12.2. The second-order valence-electron chi connectivity index (χ2n) is 7.77. The molecule has 0 saturated heterocycles. The highest BCUT2D eigenvalue weighted by Gasteiger charge is 2.18. The van der Waals surface area contributed by atoms with Crippen molar-refractivity contribution in [2.24, 2.45) is 11.8 Å². The monoisotopic (exact) mass is 350 g/mol. The molecule has 1 aromatic carbocycles. The first kappa shape index (κ1) is 21.8. The number of aliphatic hydroxyl groups excluding tert-OH is 1. The molecular formula is C22H38O3. The van der Waals surface area contributed by atoms with E-state index in [9.17, 15) is 15.3 Å². The van der Waals surface area contributed by atoms with Crippen molar-refractivity contribution in [1.82, 2.24) is 0 Å². The quantitative estimate of drug-likeness (QED) is 0.311. The molecule has 0 bridgehead atoms. The summed E-state index contributed by atoms with van der Waals surface area (Å²) in [5, 5.41) is 29.8. The lowest BCUT2D eigenvalue weighted by molar-refractivity contribution is 0.120. The van der Waals surface area contributed by atoms with Crippen LogP contribution in [0.4, 0.5) is 0 Å². The molecule has 3 nitrogen and oxygen atoms in total. The lowest BCUT2D eigenvalue weighted by Gasteiger charge is -2.23. The fourth-order valence-electron chi connectivity index (χ4n) is 3.40. The minimum Gasteiger partial charge on any atom is -0.508 e. The van der Waals surface area contributed by atoms with Crippen LogP contribution in [0.5, 0.6) is 11.5 Å². The molecule has 3 N–H and O–H groups in total. The molecule has 0 aliphatic rings. The van der Waals surface area contributed by atoms with E-state index in [4.69, 9.17) is 0 Å². The fraction of sp³-hybridized carbons (Fsp3) is 0.727. The zero-order chi connectivity index (χ0) is 18.7. The number of benzene rings is 1. The summed E-state index contributed by atoms with van der Waals surface area (Å²) in [5.41, 5.74) is 0.779. The van der Waals surface area contributed by atoms with Gasteiger partial charge in [0.05, 0.1) is 6.10 Å². The summed E-state index contributed by atoms with van der Waals surface area (Å²) >= 11 is 0. The number of aliphatic hydroxyl groups is 1. The third-order valence-corrected chi connectivity index (χ3v) is 5.36. The molecular weight excluding hydrogens is 312 g/mol. The van der Waals surface area contributed by atoms with Gasteiger partial charge in [-0.2, -0.15) is 0 Å². The molecule has 0 spiro atoms. The van der Waals surface area contributed by atoms with E-state index < -0.39 is 0 Å². The third kappa shape index (κ3) is 9.15. The first-order valence-corrected chi connectivity index (χ1v) is 10.1. The predicted octanol–water partition coefficient (Wildman–Crippen LogP) is 5.80. The number of phenols is 2. The summed E-state index contributed by atoms with van der Waals surface area (Å²) in [6, 6.07) is 4.67. The van der Waals surface area contributed by atoms with E-state index in [0.717, 1.165) is 24.8 Å². The molecule has 3 heteroatoms. The summed E-state index contributed by atoms with van der Waals surface area (Å²) in [7, 11) is 0. The van der Waals surface area contributed by atoms with Crippen LogP contribution in [0.25, 0.3) is 0 Å².